The van der Waals surface area contributed by atoms with Gasteiger partial charge >= 0.3 is 0 Å². The molecule has 0 bridgehead atoms. The Labute approximate surface area is 166 Å². The molecule has 0 unspecified atom stereocenters. The molecule has 0 N–H and O–H groups in total. The fraction of sp³-hybridized carbons (Fsp3) is 0.286. The van der Waals surface area contributed by atoms with Gasteiger partial charge in [0.25, 0.3) is 0 Å². The summed E-state index contributed by atoms with van der Waals surface area (Å²) in [5, 5.41) is 10.0. The van der Waals surface area contributed by atoms with E-state index in [-0.39, 0.29) is 0 Å². The lowest BCUT2D eigenvalue weighted by atomic mass is 9.99. The minimum atomic E-state index is 0.783. The van der Waals surface area contributed by atoms with E-state index in [0.29, 0.717) is 0 Å². The minimum Gasteiger partial charge on any atom is -0.356 e. The molecule has 1 aliphatic heterocycles. The molecule has 0 spiro atoms. The summed E-state index contributed by atoms with van der Waals surface area (Å²) in [5.41, 5.74) is 3.68. The van der Waals surface area contributed by atoms with Crippen LogP contribution in [-0.2, 0) is 0 Å². The largest absolute Gasteiger partial charge is 0.356 e. The molecule has 2 aromatic carbocycles. The van der Waals surface area contributed by atoms with Gasteiger partial charge in [0, 0.05) is 28.5 Å². The predicted octanol–water partition coefficient (Wildman–Crippen LogP) is 4.94. The van der Waals surface area contributed by atoms with Crippen molar-refractivity contribution in [2.45, 2.75) is 19.8 Å². The van der Waals surface area contributed by atoms with E-state index < -0.39 is 0 Å². The molecule has 136 valence electrons. The molecular weight excluding hydrogens is 402 g/mol. The average molecular weight is 422 g/mol. The number of piperidine rings is 1. The van der Waals surface area contributed by atoms with Gasteiger partial charge in [-0.2, -0.15) is 4.52 Å². The second-order valence-corrected chi connectivity index (χ2v) is 8.22. The molecule has 1 saturated heterocycles. The van der Waals surface area contributed by atoms with Gasteiger partial charge in [0.1, 0.15) is 11.5 Å². The Bertz CT molecular complexity index is 1130. The number of halogens is 1. The molecule has 6 heteroatoms. The molecule has 5 nitrogen and oxygen atoms in total. The number of fused-ring (bicyclic) bond motifs is 3. The van der Waals surface area contributed by atoms with E-state index in [1.54, 1.807) is 0 Å². The van der Waals surface area contributed by atoms with Crippen molar-refractivity contribution in [1.29, 1.82) is 0 Å². The van der Waals surface area contributed by atoms with Crippen molar-refractivity contribution < 1.29 is 0 Å². The third-order valence-electron chi connectivity index (χ3n) is 5.41. The molecule has 0 radical (unpaired) electrons. The Morgan fingerprint density at radius 3 is 2.67 bits per heavy atom. The van der Waals surface area contributed by atoms with Gasteiger partial charge < -0.3 is 4.90 Å². The molecule has 1 aliphatic rings. The molecular formula is C21H20BrN5. The predicted molar refractivity (Wildman–Crippen MR) is 112 cm³/mol. The van der Waals surface area contributed by atoms with E-state index in [1.807, 2.05) is 28.8 Å². The maximum atomic E-state index is 5.07. The first-order valence-corrected chi connectivity index (χ1v) is 10.1. The van der Waals surface area contributed by atoms with Crippen LogP contribution >= 0.6 is 15.9 Å². The summed E-state index contributed by atoms with van der Waals surface area (Å²) < 4.78 is 2.88. The second kappa shape index (κ2) is 6.60. The van der Waals surface area contributed by atoms with Crippen LogP contribution in [0.4, 0.5) is 5.82 Å². The van der Waals surface area contributed by atoms with Crippen LogP contribution in [0, 0.1) is 5.92 Å². The second-order valence-electron chi connectivity index (χ2n) is 7.31. The molecule has 3 heterocycles. The molecule has 5 rings (SSSR count). The number of rotatable bonds is 2. The monoisotopic (exact) mass is 421 g/mol. The van der Waals surface area contributed by atoms with Crippen molar-refractivity contribution in [1.82, 2.24) is 19.8 Å². The smallest absolute Gasteiger partial charge is 0.186 e. The quantitative estimate of drug-likeness (QED) is 0.459. The maximum absolute atomic E-state index is 5.07. The number of hydrogen-bond acceptors (Lipinski definition) is 4. The third-order valence-corrected chi connectivity index (χ3v) is 5.91. The highest BCUT2D eigenvalue weighted by atomic mass is 79.9. The van der Waals surface area contributed by atoms with Crippen molar-refractivity contribution >= 4 is 38.3 Å². The number of hydrogen-bond donors (Lipinski definition) is 0. The van der Waals surface area contributed by atoms with E-state index in [9.17, 15) is 0 Å². The minimum absolute atomic E-state index is 0.783. The lowest BCUT2D eigenvalue weighted by Crippen LogP contribution is -2.33. The molecule has 2 aromatic heterocycles. The zero-order valence-corrected chi connectivity index (χ0v) is 16.7. The van der Waals surface area contributed by atoms with E-state index >= 15 is 0 Å². The first-order chi connectivity index (χ1) is 13.2. The maximum Gasteiger partial charge on any atom is 0.186 e. The van der Waals surface area contributed by atoms with Crippen molar-refractivity contribution in [3.8, 4) is 11.3 Å². The normalized spacial score (nSPS) is 15.7. The summed E-state index contributed by atoms with van der Waals surface area (Å²) in [5.74, 6) is 1.83. The highest BCUT2D eigenvalue weighted by Gasteiger charge is 2.22. The van der Waals surface area contributed by atoms with Gasteiger partial charge in [-0.25, -0.2) is 4.98 Å². The van der Waals surface area contributed by atoms with Gasteiger partial charge in [-0.1, -0.05) is 52.3 Å². The first kappa shape index (κ1) is 16.7. The van der Waals surface area contributed by atoms with E-state index in [0.717, 1.165) is 57.1 Å². The van der Waals surface area contributed by atoms with Crippen molar-refractivity contribution in [2.24, 2.45) is 5.92 Å². The van der Waals surface area contributed by atoms with E-state index in [1.165, 1.54) is 12.8 Å². The van der Waals surface area contributed by atoms with Crippen LogP contribution < -0.4 is 4.90 Å². The van der Waals surface area contributed by atoms with Crippen LogP contribution in [-0.4, -0.2) is 32.9 Å². The number of para-hydroxylation sites is 1. The summed E-state index contributed by atoms with van der Waals surface area (Å²) in [4.78, 5) is 7.48. The van der Waals surface area contributed by atoms with Crippen LogP contribution in [0.3, 0.4) is 0 Å². The zero-order chi connectivity index (χ0) is 18.4. The Kier molecular flexibility index (Phi) is 4.08. The summed E-state index contributed by atoms with van der Waals surface area (Å²) in [6.07, 6.45) is 2.41. The van der Waals surface area contributed by atoms with Crippen molar-refractivity contribution in [3.63, 3.8) is 0 Å². The zero-order valence-electron chi connectivity index (χ0n) is 15.1. The van der Waals surface area contributed by atoms with Gasteiger partial charge in [-0.3, -0.25) is 0 Å². The summed E-state index contributed by atoms with van der Waals surface area (Å²) >= 11 is 3.55. The molecule has 0 atom stereocenters. The van der Waals surface area contributed by atoms with Gasteiger partial charge in [-0.15, -0.1) is 5.10 Å². The van der Waals surface area contributed by atoms with Crippen LogP contribution in [0.5, 0.6) is 0 Å². The fourth-order valence-corrected chi connectivity index (χ4v) is 4.23. The number of nitrogens with zero attached hydrogens (tertiary/aromatic N) is 5. The van der Waals surface area contributed by atoms with Gasteiger partial charge in [0.05, 0.1) is 5.52 Å². The Hall–Kier alpha value is -2.47. The fourth-order valence-electron chi connectivity index (χ4n) is 3.83. The van der Waals surface area contributed by atoms with Crippen LogP contribution in [0.1, 0.15) is 19.8 Å². The summed E-state index contributed by atoms with van der Waals surface area (Å²) in [6, 6.07) is 16.5. The third kappa shape index (κ3) is 2.88. The number of aromatic nitrogens is 4. The lowest BCUT2D eigenvalue weighted by molar-refractivity contribution is 0.437. The standard InChI is InChI=1S/C21H20BrN5/c1-14-9-11-26(12-10-14)20-17-7-2-3-8-18(17)27-21(23-20)19(24-25-27)15-5-4-6-16(22)13-15/h2-8,13-14H,9-12H2,1H3. The van der Waals surface area contributed by atoms with E-state index in [4.69, 9.17) is 4.98 Å². The highest BCUT2D eigenvalue weighted by molar-refractivity contribution is 9.10. The molecule has 4 aromatic rings. The number of benzene rings is 2. The summed E-state index contributed by atoms with van der Waals surface area (Å²) in [6.45, 7) is 4.42. The Morgan fingerprint density at radius 2 is 1.85 bits per heavy atom. The van der Waals surface area contributed by atoms with E-state index in [2.05, 4.69) is 62.3 Å². The van der Waals surface area contributed by atoms with Crippen molar-refractivity contribution in [3.05, 3.63) is 53.0 Å². The van der Waals surface area contributed by atoms with Crippen molar-refractivity contribution in [2.75, 3.05) is 18.0 Å². The SMILES string of the molecule is CC1CCN(c2nc3c(-c4cccc(Br)c4)nnn3c3ccccc23)CC1. The number of anilines is 1. The van der Waals surface area contributed by atoms with Crippen LogP contribution in [0.15, 0.2) is 53.0 Å². The molecule has 1 fully saturated rings. The Morgan fingerprint density at radius 1 is 1.04 bits per heavy atom. The molecule has 0 saturated carbocycles. The Balaban J connectivity index is 1.75. The highest BCUT2D eigenvalue weighted by Crippen LogP contribution is 2.32. The van der Waals surface area contributed by atoms with Gasteiger partial charge in [0.15, 0.2) is 5.65 Å². The molecule has 0 amide bonds. The van der Waals surface area contributed by atoms with Gasteiger partial charge in [0.2, 0.25) is 0 Å². The van der Waals surface area contributed by atoms with Crippen LogP contribution in [0.2, 0.25) is 0 Å². The van der Waals surface area contributed by atoms with Crippen LogP contribution in [0.25, 0.3) is 27.8 Å². The molecule has 0 aliphatic carbocycles. The lowest BCUT2D eigenvalue weighted by Gasteiger charge is -2.32. The summed E-state index contributed by atoms with van der Waals surface area (Å²) in [7, 11) is 0. The first-order valence-electron chi connectivity index (χ1n) is 9.36. The topological polar surface area (TPSA) is 46.3 Å². The average Bonchev–Trinajstić information content (AvgIpc) is 3.12. The molecule has 27 heavy (non-hydrogen) atoms. The van der Waals surface area contributed by atoms with Gasteiger partial charge in [-0.05, 0) is 43.0 Å².